The van der Waals surface area contributed by atoms with Gasteiger partial charge >= 0.3 is 0 Å². The number of sulfonamides is 1. The van der Waals surface area contributed by atoms with Crippen LogP contribution in [-0.2, 0) is 19.6 Å². The maximum Gasteiger partial charge on any atom is 0.212 e. The van der Waals surface area contributed by atoms with Crippen LogP contribution in [0.3, 0.4) is 0 Å². The predicted octanol–water partition coefficient (Wildman–Crippen LogP) is 0.843. The molecule has 2 N–H and O–H groups in total. The van der Waals surface area contributed by atoms with Crippen molar-refractivity contribution in [2.45, 2.75) is 51.6 Å². The molecule has 2 aliphatic carbocycles. The van der Waals surface area contributed by atoms with E-state index in [1.54, 1.807) is 0 Å². The van der Waals surface area contributed by atoms with E-state index in [0.717, 1.165) is 6.42 Å². The summed E-state index contributed by atoms with van der Waals surface area (Å²) < 4.78 is 32.9. The highest BCUT2D eigenvalue weighted by Crippen LogP contribution is 2.64. The Morgan fingerprint density at radius 2 is 1.91 bits per heavy atom. The lowest BCUT2D eigenvalue weighted by molar-refractivity contribution is -0.128. The van der Waals surface area contributed by atoms with Crippen LogP contribution in [0, 0.1) is 16.7 Å². The predicted molar refractivity (Wildman–Crippen MR) is 85.4 cm³/mol. The summed E-state index contributed by atoms with van der Waals surface area (Å²) in [6, 6.07) is 0. The molecular formula is C16H27NO5S. The second-order valence-electron chi connectivity index (χ2n) is 8.08. The summed E-state index contributed by atoms with van der Waals surface area (Å²) in [5, 5.41) is 10.4. The van der Waals surface area contributed by atoms with Gasteiger partial charge in [-0.3, -0.25) is 4.79 Å². The summed E-state index contributed by atoms with van der Waals surface area (Å²) in [5.74, 6) is 0.230. The van der Waals surface area contributed by atoms with E-state index in [1.165, 1.54) is 0 Å². The minimum absolute atomic E-state index is 0.00712. The minimum Gasteiger partial charge on any atom is -0.388 e. The van der Waals surface area contributed by atoms with E-state index in [1.807, 2.05) is 13.8 Å². The van der Waals surface area contributed by atoms with E-state index in [9.17, 15) is 18.3 Å². The summed E-state index contributed by atoms with van der Waals surface area (Å²) >= 11 is 0. The van der Waals surface area contributed by atoms with Gasteiger partial charge in [-0.15, -0.1) is 0 Å². The quantitative estimate of drug-likeness (QED) is 0.770. The topological polar surface area (TPSA) is 92.7 Å². The lowest BCUT2D eigenvalue weighted by Gasteiger charge is -2.37. The second kappa shape index (κ2) is 5.51. The molecule has 2 unspecified atom stereocenters. The first-order valence-electron chi connectivity index (χ1n) is 8.41. The van der Waals surface area contributed by atoms with Gasteiger partial charge in [-0.25, -0.2) is 13.1 Å². The number of aliphatic hydroxyl groups is 1. The second-order valence-corrected chi connectivity index (χ2v) is 9.89. The average Bonchev–Trinajstić information content (AvgIpc) is 2.80. The molecule has 3 aliphatic rings. The first-order chi connectivity index (χ1) is 10.6. The fourth-order valence-corrected chi connectivity index (χ4v) is 6.57. The van der Waals surface area contributed by atoms with Crippen molar-refractivity contribution in [3.8, 4) is 0 Å². The molecule has 3 fully saturated rings. The zero-order valence-electron chi connectivity index (χ0n) is 13.9. The first-order valence-corrected chi connectivity index (χ1v) is 10.1. The van der Waals surface area contributed by atoms with Crippen LogP contribution in [0.1, 0.15) is 46.0 Å². The van der Waals surface area contributed by atoms with Gasteiger partial charge in [0.1, 0.15) is 5.78 Å². The molecule has 0 aromatic carbocycles. The van der Waals surface area contributed by atoms with Crippen LogP contribution in [0.25, 0.3) is 0 Å². The van der Waals surface area contributed by atoms with Crippen LogP contribution in [0.4, 0.5) is 0 Å². The van der Waals surface area contributed by atoms with Crippen LogP contribution < -0.4 is 4.72 Å². The molecular weight excluding hydrogens is 318 g/mol. The van der Waals surface area contributed by atoms with Crippen LogP contribution >= 0.6 is 0 Å². The van der Waals surface area contributed by atoms with Gasteiger partial charge in [-0.1, -0.05) is 13.8 Å². The molecule has 1 saturated heterocycles. The van der Waals surface area contributed by atoms with Gasteiger partial charge in [0, 0.05) is 44.4 Å². The number of carbonyl (C=O) groups excluding carboxylic acids is 1. The molecule has 1 heterocycles. The van der Waals surface area contributed by atoms with Crippen molar-refractivity contribution in [3.05, 3.63) is 0 Å². The average molecular weight is 345 g/mol. The summed E-state index contributed by atoms with van der Waals surface area (Å²) in [7, 11) is -3.62. The number of Topliss-reactive ketones (excluding diaryl/α,β-unsaturated/α-hetero) is 1. The van der Waals surface area contributed by atoms with Crippen molar-refractivity contribution in [2.75, 3.05) is 25.5 Å². The van der Waals surface area contributed by atoms with Crippen LogP contribution in [0.2, 0.25) is 0 Å². The third-order valence-corrected chi connectivity index (χ3v) is 8.08. The summed E-state index contributed by atoms with van der Waals surface area (Å²) in [6.07, 6.45) is 2.93. The van der Waals surface area contributed by atoms with Crippen LogP contribution in [0.5, 0.6) is 0 Å². The number of hydrogen-bond acceptors (Lipinski definition) is 5. The Labute approximate surface area is 138 Å². The number of nitrogens with one attached hydrogen (secondary N) is 1. The van der Waals surface area contributed by atoms with Crippen molar-refractivity contribution in [3.63, 3.8) is 0 Å². The number of ketones is 1. The molecule has 0 amide bonds. The zero-order chi connectivity index (χ0) is 16.9. The molecule has 132 valence electrons. The number of carbonyl (C=O) groups is 1. The summed E-state index contributed by atoms with van der Waals surface area (Å²) in [4.78, 5) is 12.5. The Balaban J connectivity index is 1.70. The van der Waals surface area contributed by atoms with Gasteiger partial charge in [0.05, 0.1) is 11.4 Å². The molecule has 2 saturated carbocycles. The van der Waals surface area contributed by atoms with Crippen LogP contribution in [-0.4, -0.2) is 50.4 Å². The number of hydrogen-bond donors (Lipinski definition) is 2. The first kappa shape index (κ1) is 17.3. The number of ether oxygens (including phenoxy) is 1. The maximum absolute atomic E-state index is 12.6. The molecule has 6 nitrogen and oxygen atoms in total. The molecule has 2 atom stereocenters. The fraction of sp³-hybridized carbons (Fsp3) is 0.938. The van der Waals surface area contributed by atoms with E-state index in [4.69, 9.17) is 4.74 Å². The molecule has 0 spiro atoms. The lowest BCUT2D eigenvalue weighted by Crippen LogP contribution is -2.50. The van der Waals surface area contributed by atoms with Gasteiger partial charge in [0.2, 0.25) is 10.0 Å². The van der Waals surface area contributed by atoms with Crippen molar-refractivity contribution < 1.29 is 23.1 Å². The van der Waals surface area contributed by atoms with Crippen molar-refractivity contribution >= 4 is 15.8 Å². The molecule has 0 aromatic heterocycles. The third kappa shape index (κ3) is 2.86. The highest BCUT2D eigenvalue weighted by Gasteiger charge is 2.65. The standard InChI is InChI=1S/C16H27NO5S/c1-14(2)12-3-4-16(14,13(18)9-12)11-23(20,21)17-10-15(19)5-7-22-8-6-15/h12,17,19H,3-11H2,1-2H3. The molecule has 23 heavy (non-hydrogen) atoms. The van der Waals surface area contributed by atoms with Crippen molar-refractivity contribution in [1.29, 1.82) is 0 Å². The fourth-order valence-electron chi connectivity index (χ4n) is 4.66. The van der Waals surface area contributed by atoms with Crippen LogP contribution in [0.15, 0.2) is 0 Å². The molecule has 0 aromatic rings. The SMILES string of the molecule is CC1(C)C2CCC1(CS(=O)(=O)NCC1(O)CCOCC1)C(=O)C2. The minimum atomic E-state index is -3.62. The third-order valence-electron chi connectivity index (χ3n) is 6.62. The maximum atomic E-state index is 12.6. The van der Waals surface area contributed by atoms with Gasteiger partial charge in [0.15, 0.2) is 0 Å². The van der Waals surface area contributed by atoms with Gasteiger partial charge in [-0.2, -0.15) is 0 Å². The van der Waals surface area contributed by atoms with Crippen molar-refractivity contribution in [1.82, 2.24) is 4.72 Å². The van der Waals surface area contributed by atoms with E-state index in [0.29, 0.717) is 44.8 Å². The lowest BCUT2D eigenvalue weighted by atomic mass is 9.70. The smallest absolute Gasteiger partial charge is 0.212 e. The van der Waals surface area contributed by atoms with E-state index < -0.39 is 21.0 Å². The highest BCUT2D eigenvalue weighted by molar-refractivity contribution is 7.89. The Bertz CT molecular complexity index is 594. The van der Waals surface area contributed by atoms with Gasteiger partial charge < -0.3 is 9.84 Å². The van der Waals surface area contributed by atoms with E-state index >= 15 is 0 Å². The Morgan fingerprint density at radius 1 is 1.26 bits per heavy atom. The van der Waals surface area contributed by atoms with E-state index in [-0.39, 0.29) is 23.5 Å². The molecule has 3 rings (SSSR count). The highest BCUT2D eigenvalue weighted by atomic mass is 32.2. The Hall–Kier alpha value is -0.500. The molecule has 0 radical (unpaired) electrons. The largest absolute Gasteiger partial charge is 0.388 e. The summed E-state index contributed by atoms with van der Waals surface area (Å²) in [5.41, 5.74) is -2.08. The van der Waals surface area contributed by atoms with Crippen molar-refractivity contribution in [2.24, 2.45) is 16.7 Å². The molecule has 1 aliphatic heterocycles. The molecule has 7 heteroatoms. The summed E-state index contributed by atoms with van der Waals surface area (Å²) in [6.45, 7) is 4.92. The molecule has 2 bridgehead atoms. The van der Waals surface area contributed by atoms with Gasteiger partial charge in [0.25, 0.3) is 0 Å². The Morgan fingerprint density at radius 3 is 2.43 bits per heavy atom. The monoisotopic (exact) mass is 345 g/mol. The number of fused-ring (bicyclic) bond motifs is 2. The van der Waals surface area contributed by atoms with Gasteiger partial charge in [-0.05, 0) is 24.2 Å². The zero-order valence-corrected chi connectivity index (χ0v) is 14.7. The number of rotatable bonds is 5. The normalized spacial score (nSPS) is 35.6. The van der Waals surface area contributed by atoms with E-state index in [2.05, 4.69) is 4.72 Å². The Kier molecular flexibility index (Phi) is 4.15.